The van der Waals surface area contributed by atoms with Crippen LogP contribution in [-0.2, 0) is 4.74 Å². The van der Waals surface area contributed by atoms with E-state index >= 15 is 0 Å². The summed E-state index contributed by atoms with van der Waals surface area (Å²) in [6.45, 7) is 3.54. The van der Waals surface area contributed by atoms with Crippen molar-refractivity contribution in [2.45, 2.75) is 30.9 Å². The Hall–Kier alpha value is -3.74. The number of methoxy groups -OCH3 is 2. The lowest BCUT2D eigenvalue weighted by atomic mass is 10.1. The summed E-state index contributed by atoms with van der Waals surface area (Å²) < 4.78 is 84.8. The number of aliphatic imine (C=N–C) groups is 1. The fraction of sp³-hybridized carbons (Fsp3) is 0.348. The van der Waals surface area contributed by atoms with Gasteiger partial charge in [-0.3, -0.25) is 14.8 Å². The molecule has 1 fully saturated rings. The van der Waals surface area contributed by atoms with Crippen LogP contribution in [0, 0.1) is 0 Å². The number of allylic oxidation sites excluding steroid dienone is 1. The van der Waals surface area contributed by atoms with Gasteiger partial charge >= 0.3 is 6.36 Å². The van der Waals surface area contributed by atoms with E-state index in [0.717, 1.165) is 24.4 Å². The Morgan fingerprint density at radius 3 is 2.58 bits per heavy atom. The normalized spacial score (nSPS) is 17.4. The fourth-order valence-electron chi connectivity index (χ4n) is 3.11. The number of benzene rings is 1. The van der Waals surface area contributed by atoms with Crippen molar-refractivity contribution >= 4 is 12.1 Å². The predicted molar refractivity (Wildman–Crippen MR) is 118 cm³/mol. The van der Waals surface area contributed by atoms with Gasteiger partial charge in [-0.25, -0.2) is 8.78 Å². The summed E-state index contributed by atoms with van der Waals surface area (Å²) in [6, 6.07) is 4.20. The SMILES string of the molecule is C=CC=NCC(NC(=O)c1cnc(C2CC2(F)F)cc1Oc1ccc(OC(F)(F)F)cc1OC)OC. The molecule has 0 aliphatic heterocycles. The van der Waals surface area contributed by atoms with Crippen LogP contribution in [0.15, 0.2) is 48.1 Å². The molecule has 2 unspecified atom stereocenters. The molecule has 0 radical (unpaired) electrons. The second kappa shape index (κ2) is 10.9. The van der Waals surface area contributed by atoms with Crippen LogP contribution in [0.2, 0.25) is 0 Å². The third kappa shape index (κ3) is 6.90. The zero-order valence-electron chi connectivity index (χ0n) is 19.1. The highest BCUT2D eigenvalue weighted by Crippen LogP contribution is 2.55. The average molecular weight is 515 g/mol. The zero-order valence-corrected chi connectivity index (χ0v) is 19.1. The third-order valence-corrected chi connectivity index (χ3v) is 4.96. The molecule has 2 aromatic rings. The molecule has 36 heavy (non-hydrogen) atoms. The predicted octanol–water partition coefficient (Wildman–Crippen LogP) is 4.86. The van der Waals surface area contributed by atoms with Crippen LogP contribution in [0.4, 0.5) is 22.0 Å². The number of ether oxygens (including phenoxy) is 4. The number of rotatable bonds is 11. The van der Waals surface area contributed by atoms with Crippen molar-refractivity contribution in [1.29, 1.82) is 0 Å². The molecule has 1 aliphatic carbocycles. The Morgan fingerprint density at radius 1 is 1.28 bits per heavy atom. The van der Waals surface area contributed by atoms with Crippen molar-refractivity contribution in [2.75, 3.05) is 20.8 Å². The van der Waals surface area contributed by atoms with E-state index in [4.69, 9.17) is 14.2 Å². The molecule has 0 saturated heterocycles. The minimum atomic E-state index is -4.93. The molecule has 2 atom stereocenters. The third-order valence-electron chi connectivity index (χ3n) is 4.96. The van der Waals surface area contributed by atoms with E-state index in [9.17, 15) is 26.7 Å². The van der Waals surface area contributed by atoms with Crippen LogP contribution < -0.4 is 19.5 Å². The van der Waals surface area contributed by atoms with E-state index in [0.29, 0.717) is 0 Å². The van der Waals surface area contributed by atoms with Gasteiger partial charge in [0.1, 0.15) is 23.3 Å². The first-order chi connectivity index (χ1) is 17.0. The number of aromatic nitrogens is 1. The summed E-state index contributed by atoms with van der Waals surface area (Å²) >= 11 is 0. The molecule has 1 amide bonds. The van der Waals surface area contributed by atoms with Crippen molar-refractivity contribution in [1.82, 2.24) is 10.3 Å². The van der Waals surface area contributed by atoms with E-state index in [1.54, 1.807) is 0 Å². The Balaban J connectivity index is 1.93. The van der Waals surface area contributed by atoms with Gasteiger partial charge in [-0.2, -0.15) is 0 Å². The van der Waals surface area contributed by atoms with Crippen LogP contribution in [0.3, 0.4) is 0 Å². The number of hydrogen-bond donors (Lipinski definition) is 1. The van der Waals surface area contributed by atoms with Gasteiger partial charge in [0.2, 0.25) is 0 Å². The number of hydrogen-bond acceptors (Lipinski definition) is 7. The number of pyridine rings is 1. The molecule has 1 saturated carbocycles. The summed E-state index contributed by atoms with van der Waals surface area (Å²) in [6.07, 6.45) is -2.26. The van der Waals surface area contributed by atoms with Crippen LogP contribution in [-0.4, -0.2) is 56.4 Å². The number of halogens is 5. The molecule has 1 N–H and O–H groups in total. The highest BCUT2D eigenvalue weighted by atomic mass is 19.4. The van der Waals surface area contributed by atoms with Crippen molar-refractivity contribution < 1.29 is 45.7 Å². The van der Waals surface area contributed by atoms with Crippen LogP contribution in [0.5, 0.6) is 23.0 Å². The second-order valence-electron chi connectivity index (χ2n) is 7.53. The number of nitrogens with one attached hydrogen (secondary N) is 1. The quantitative estimate of drug-likeness (QED) is 0.261. The maximum absolute atomic E-state index is 13.6. The van der Waals surface area contributed by atoms with Crippen molar-refractivity contribution in [3.63, 3.8) is 0 Å². The van der Waals surface area contributed by atoms with Crippen molar-refractivity contribution in [3.05, 3.63) is 54.4 Å². The summed E-state index contributed by atoms with van der Waals surface area (Å²) in [7, 11) is 2.53. The largest absolute Gasteiger partial charge is 0.573 e. The summed E-state index contributed by atoms with van der Waals surface area (Å²) in [5.41, 5.74) is -0.156. The first-order valence-electron chi connectivity index (χ1n) is 10.4. The van der Waals surface area contributed by atoms with E-state index in [1.807, 2.05) is 0 Å². The molecule has 13 heteroatoms. The van der Waals surface area contributed by atoms with Gasteiger partial charge in [0.05, 0.1) is 25.3 Å². The Bertz CT molecular complexity index is 1140. The van der Waals surface area contributed by atoms with Gasteiger partial charge in [-0.1, -0.05) is 12.7 Å². The van der Waals surface area contributed by atoms with Crippen molar-refractivity contribution in [2.24, 2.45) is 4.99 Å². The highest BCUT2D eigenvalue weighted by Gasteiger charge is 2.58. The van der Waals surface area contributed by atoms with Gasteiger partial charge < -0.3 is 24.3 Å². The molecule has 1 heterocycles. The lowest BCUT2D eigenvalue weighted by molar-refractivity contribution is -0.274. The minimum Gasteiger partial charge on any atom is -0.493 e. The fourth-order valence-corrected chi connectivity index (χ4v) is 3.11. The number of carbonyl (C=O) groups is 1. The van der Waals surface area contributed by atoms with E-state index < -0.39 is 42.5 Å². The second-order valence-corrected chi connectivity index (χ2v) is 7.53. The molecule has 194 valence electrons. The molecule has 8 nitrogen and oxygen atoms in total. The monoisotopic (exact) mass is 515 g/mol. The maximum atomic E-state index is 13.6. The molecular weight excluding hydrogens is 493 g/mol. The van der Waals surface area contributed by atoms with E-state index in [-0.39, 0.29) is 35.1 Å². The van der Waals surface area contributed by atoms with Crippen molar-refractivity contribution in [3.8, 4) is 23.0 Å². The standard InChI is InChI=1S/C23H22F5N3O5/c1-4-7-29-12-20(34-3)31-21(32)14-11-30-16(15-10-22(15,24)25)9-18(14)35-17-6-5-13(8-19(17)33-2)36-23(26,27)28/h4-9,11,15,20H,1,10,12H2,2-3H3,(H,31,32). The van der Waals surface area contributed by atoms with Crippen LogP contribution in [0.25, 0.3) is 0 Å². The summed E-state index contributed by atoms with van der Waals surface area (Å²) in [5.74, 6) is -5.81. The topological polar surface area (TPSA) is 91.3 Å². The van der Waals surface area contributed by atoms with Gasteiger partial charge in [-0.05, 0) is 12.1 Å². The number of alkyl halides is 5. The lowest BCUT2D eigenvalue weighted by Crippen LogP contribution is -2.38. The van der Waals surface area contributed by atoms with Crippen LogP contribution in [0.1, 0.15) is 28.4 Å². The average Bonchev–Trinajstić information content (AvgIpc) is 3.46. The molecule has 1 aromatic heterocycles. The van der Waals surface area contributed by atoms with Gasteiger partial charge in [0, 0.05) is 38.1 Å². The molecule has 1 aromatic carbocycles. The Morgan fingerprint density at radius 2 is 2.00 bits per heavy atom. The smallest absolute Gasteiger partial charge is 0.493 e. The molecule has 0 spiro atoms. The van der Waals surface area contributed by atoms with Gasteiger partial charge in [0.15, 0.2) is 11.5 Å². The molecule has 3 rings (SSSR count). The first kappa shape index (κ1) is 26.9. The Kier molecular flexibility index (Phi) is 8.13. The summed E-state index contributed by atoms with van der Waals surface area (Å²) in [4.78, 5) is 20.9. The lowest BCUT2D eigenvalue weighted by Gasteiger charge is -2.18. The number of amides is 1. The van der Waals surface area contributed by atoms with Gasteiger partial charge in [0.25, 0.3) is 11.8 Å². The van der Waals surface area contributed by atoms with E-state index in [2.05, 4.69) is 26.6 Å². The first-order valence-corrected chi connectivity index (χ1v) is 10.4. The minimum absolute atomic E-state index is 0.0126. The summed E-state index contributed by atoms with van der Waals surface area (Å²) in [5, 5.41) is 2.56. The Labute approximate surface area is 202 Å². The molecular formula is C23H22F5N3O5. The maximum Gasteiger partial charge on any atom is 0.573 e. The number of carbonyl (C=O) groups excluding carboxylic acids is 1. The molecule has 0 bridgehead atoms. The number of nitrogens with zero attached hydrogens (tertiary/aromatic N) is 2. The molecule has 1 aliphatic rings. The zero-order chi connectivity index (χ0) is 26.5. The van der Waals surface area contributed by atoms with E-state index in [1.165, 1.54) is 32.6 Å². The van der Waals surface area contributed by atoms with Crippen LogP contribution >= 0.6 is 0 Å². The van der Waals surface area contributed by atoms with Gasteiger partial charge in [-0.15, -0.1) is 13.2 Å². The highest BCUT2D eigenvalue weighted by molar-refractivity contribution is 5.97.